The Morgan fingerprint density at radius 1 is 1.64 bits per heavy atom. The van der Waals surface area contributed by atoms with E-state index >= 15 is 0 Å². The lowest BCUT2D eigenvalue weighted by atomic mass is 10.4. The lowest BCUT2D eigenvalue weighted by Crippen LogP contribution is -2.17. The van der Waals surface area contributed by atoms with Gasteiger partial charge in [-0.05, 0) is 20.0 Å². The van der Waals surface area contributed by atoms with Gasteiger partial charge in [0, 0.05) is 12.7 Å². The third kappa shape index (κ3) is 2.53. The van der Waals surface area contributed by atoms with Crippen LogP contribution in [-0.2, 0) is 16.6 Å². The average molecular weight is 218 g/mol. The molecule has 0 aromatic carbocycles. The minimum absolute atomic E-state index is 0.178. The molecule has 0 saturated carbocycles. The second-order valence-corrected chi connectivity index (χ2v) is 4.68. The van der Waals surface area contributed by atoms with Gasteiger partial charge in [-0.15, -0.1) is 0 Å². The molecule has 0 fully saturated rings. The highest BCUT2D eigenvalue weighted by molar-refractivity contribution is 7.89. The minimum atomic E-state index is -3.37. The van der Waals surface area contributed by atoms with Gasteiger partial charge in [-0.25, -0.2) is 13.1 Å². The van der Waals surface area contributed by atoms with Crippen molar-refractivity contribution < 1.29 is 8.42 Å². The van der Waals surface area contributed by atoms with Crippen molar-refractivity contribution in [3.8, 4) is 0 Å². The number of sulfonamides is 1. The van der Waals surface area contributed by atoms with E-state index < -0.39 is 10.0 Å². The van der Waals surface area contributed by atoms with E-state index in [4.69, 9.17) is 5.73 Å². The Balaban J connectivity index is 2.78. The molecule has 0 spiro atoms. The molecule has 0 radical (unpaired) electrons. The molecule has 1 aromatic rings. The summed E-state index contributed by atoms with van der Waals surface area (Å²) in [4.78, 5) is 0.178. The SMILES string of the molecule is CNS(=O)(=O)c1cnn(CCCN)c1. The van der Waals surface area contributed by atoms with Crippen molar-refractivity contribution in [3.05, 3.63) is 12.4 Å². The predicted octanol–water partition coefficient (Wildman–Crippen LogP) is -0.860. The second kappa shape index (κ2) is 4.54. The third-order valence-electron chi connectivity index (χ3n) is 1.78. The van der Waals surface area contributed by atoms with Gasteiger partial charge >= 0.3 is 0 Å². The summed E-state index contributed by atoms with van der Waals surface area (Å²) < 4.78 is 26.4. The van der Waals surface area contributed by atoms with Crippen molar-refractivity contribution >= 4 is 10.0 Å². The maximum atomic E-state index is 11.3. The van der Waals surface area contributed by atoms with Crippen LogP contribution in [0.3, 0.4) is 0 Å². The first-order valence-electron chi connectivity index (χ1n) is 4.26. The Bertz CT molecular complexity index is 384. The minimum Gasteiger partial charge on any atom is -0.330 e. The number of aryl methyl sites for hydroxylation is 1. The smallest absolute Gasteiger partial charge is 0.243 e. The van der Waals surface area contributed by atoms with E-state index in [-0.39, 0.29) is 4.90 Å². The van der Waals surface area contributed by atoms with Gasteiger partial charge in [-0.1, -0.05) is 0 Å². The molecule has 0 saturated heterocycles. The maximum Gasteiger partial charge on any atom is 0.243 e. The van der Waals surface area contributed by atoms with Crippen molar-refractivity contribution in [2.75, 3.05) is 13.6 Å². The van der Waals surface area contributed by atoms with E-state index in [1.807, 2.05) is 0 Å². The molecule has 1 heterocycles. The number of rotatable bonds is 5. The number of hydrogen-bond donors (Lipinski definition) is 2. The molecule has 0 amide bonds. The molecular weight excluding hydrogens is 204 g/mol. The second-order valence-electron chi connectivity index (χ2n) is 2.79. The summed E-state index contributed by atoms with van der Waals surface area (Å²) in [6.07, 6.45) is 3.59. The highest BCUT2D eigenvalue weighted by Gasteiger charge is 2.13. The first-order valence-corrected chi connectivity index (χ1v) is 5.74. The van der Waals surface area contributed by atoms with Crippen LogP contribution in [0.15, 0.2) is 17.3 Å². The molecule has 14 heavy (non-hydrogen) atoms. The van der Waals surface area contributed by atoms with Crippen LogP contribution < -0.4 is 10.5 Å². The first kappa shape index (κ1) is 11.2. The van der Waals surface area contributed by atoms with Gasteiger partial charge in [0.05, 0.1) is 6.20 Å². The molecule has 1 aromatic heterocycles. The van der Waals surface area contributed by atoms with Gasteiger partial charge < -0.3 is 5.73 Å². The third-order valence-corrected chi connectivity index (χ3v) is 3.15. The summed E-state index contributed by atoms with van der Waals surface area (Å²) >= 11 is 0. The van der Waals surface area contributed by atoms with Crippen molar-refractivity contribution in [2.24, 2.45) is 5.73 Å². The molecular formula is C7H14N4O2S. The zero-order valence-corrected chi connectivity index (χ0v) is 8.79. The maximum absolute atomic E-state index is 11.3. The summed E-state index contributed by atoms with van der Waals surface area (Å²) in [6, 6.07) is 0. The van der Waals surface area contributed by atoms with E-state index in [1.165, 1.54) is 19.4 Å². The average Bonchev–Trinajstić information content (AvgIpc) is 2.63. The van der Waals surface area contributed by atoms with Crippen LogP contribution in [-0.4, -0.2) is 31.8 Å². The summed E-state index contributed by atoms with van der Waals surface area (Å²) in [5, 5.41) is 3.91. The van der Waals surface area contributed by atoms with Gasteiger partial charge in [-0.3, -0.25) is 4.68 Å². The number of nitrogens with zero attached hydrogens (tertiary/aromatic N) is 2. The van der Waals surface area contributed by atoms with Crippen LogP contribution in [0.5, 0.6) is 0 Å². The van der Waals surface area contributed by atoms with Crippen LogP contribution in [0.1, 0.15) is 6.42 Å². The van der Waals surface area contributed by atoms with Crippen molar-refractivity contribution in [1.29, 1.82) is 0 Å². The highest BCUT2D eigenvalue weighted by atomic mass is 32.2. The summed E-state index contributed by atoms with van der Waals surface area (Å²) in [5.74, 6) is 0. The van der Waals surface area contributed by atoms with Gasteiger partial charge in [0.15, 0.2) is 0 Å². The van der Waals surface area contributed by atoms with E-state index in [2.05, 4.69) is 9.82 Å². The van der Waals surface area contributed by atoms with Crippen molar-refractivity contribution in [2.45, 2.75) is 17.9 Å². The van der Waals surface area contributed by atoms with Crippen molar-refractivity contribution in [3.63, 3.8) is 0 Å². The Morgan fingerprint density at radius 3 is 2.93 bits per heavy atom. The summed E-state index contributed by atoms with van der Waals surface area (Å²) in [6.45, 7) is 1.20. The first-order chi connectivity index (χ1) is 6.60. The summed E-state index contributed by atoms with van der Waals surface area (Å²) in [7, 11) is -2.00. The number of nitrogens with one attached hydrogen (secondary N) is 1. The Labute approximate surface area is 83.1 Å². The molecule has 6 nitrogen and oxygen atoms in total. The Kier molecular flexibility index (Phi) is 3.62. The fourth-order valence-electron chi connectivity index (χ4n) is 0.977. The van der Waals surface area contributed by atoms with E-state index in [9.17, 15) is 8.42 Å². The molecule has 7 heteroatoms. The highest BCUT2D eigenvalue weighted by Crippen LogP contribution is 2.05. The van der Waals surface area contributed by atoms with E-state index in [1.54, 1.807) is 4.68 Å². The van der Waals surface area contributed by atoms with Gasteiger partial charge in [0.25, 0.3) is 0 Å². The number of nitrogens with two attached hydrogens (primary N) is 1. The number of aromatic nitrogens is 2. The summed E-state index contributed by atoms with van der Waals surface area (Å²) in [5.41, 5.74) is 5.32. The van der Waals surface area contributed by atoms with Crippen LogP contribution >= 0.6 is 0 Å². The largest absolute Gasteiger partial charge is 0.330 e. The quantitative estimate of drug-likeness (QED) is 0.673. The molecule has 0 aliphatic heterocycles. The molecule has 1 rings (SSSR count). The Hall–Kier alpha value is -0.920. The van der Waals surface area contributed by atoms with Crippen LogP contribution in [0.2, 0.25) is 0 Å². The molecule has 0 bridgehead atoms. The lowest BCUT2D eigenvalue weighted by Gasteiger charge is -1.98. The molecule has 80 valence electrons. The fraction of sp³-hybridized carbons (Fsp3) is 0.571. The van der Waals surface area contributed by atoms with Crippen molar-refractivity contribution in [1.82, 2.24) is 14.5 Å². The molecule has 3 N–H and O–H groups in total. The standard InChI is InChI=1S/C7H14N4O2S/c1-9-14(12,13)7-5-10-11(6-7)4-2-3-8/h5-6,9H,2-4,8H2,1H3. The monoisotopic (exact) mass is 218 g/mol. The number of hydrogen-bond acceptors (Lipinski definition) is 4. The van der Waals surface area contributed by atoms with E-state index in [0.717, 1.165) is 6.42 Å². The topological polar surface area (TPSA) is 90.0 Å². The van der Waals surface area contributed by atoms with E-state index in [0.29, 0.717) is 13.1 Å². The molecule has 0 unspecified atom stereocenters. The zero-order chi connectivity index (χ0) is 10.6. The normalized spacial score (nSPS) is 11.9. The van der Waals surface area contributed by atoms with Crippen LogP contribution in [0.25, 0.3) is 0 Å². The fourth-order valence-corrected chi connectivity index (χ4v) is 1.66. The van der Waals surface area contributed by atoms with Crippen LogP contribution in [0.4, 0.5) is 0 Å². The molecule has 0 aliphatic rings. The Morgan fingerprint density at radius 2 is 2.36 bits per heavy atom. The molecule has 0 atom stereocenters. The predicted molar refractivity (Wildman–Crippen MR) is 52.1 cm³/mol. The van der Waals surface area contributed by atoms with Gasteiger partial charge in [0.1, 0.15) is 4.90 Å². The lowest BCUT2D eigenvalue weighted by molar-refractivity contribution is 0.579. The van der Waals surface area contributed by atoms with Gasteiger partial charge in [-0.2, -0.15) is 5.10 Å². The molecule has 0 aliphatic carbocycles. The zero-order valence-electron chi connectivity index (χ0n) is 7.97. The van der Waals surface area contributed by atoms with Gasteiger partial charge in [0.2, 0.25) is 10.0 Å². The van der Waals surface area contributed by atoms with Crippen LogP contribution in [0, 0.1) is 0 Å².